The lowest BCUT2D eigenvalue weighted by Crippen LogP contribution is -2.18. The molecule has 1 unspecified atom stereocenters. The van der Waals surface area contributed by atoms with Gasteiger partial charge in [0.1, 0.15) is 0 Å². The predicted octanol–water partition coefficient (Wildman–Crippen LogP) is 0.685. The Morgan fingerprint density at radius 2 is 2.27 bits per heavy atom. The summed E-state index contributed by atoms with van der Waals surface area (Å²) in [5, 5.41) is 3.72. The molecule has 0 aliphatic heterocycles. The van der Waals surface area contributed by atoms with E-state index in [2.05, 4.69) is 5.10 Å². The molecule has 0 radical (unpaired) electrons. The van der Waals surface area contributed by atoms with Crippen molar-refractivity contribution in [3.63, 3.8) is 0 Å². The van der Waals surface area contributed by atoms with Gasteiger partial charge in [-0.05, 0) is 0 Å². The molecule has 3 nitrogen and oxygen atoms in total. The second kappa shape index (κ2) is 2.96. The SMILES string of the molecule is Cn1cc(C(N)C(F)F)cn1. The zero-order chi connectivity index (χ0) is 8.43. The third kappa shape index (κ3) is 1.74. The summed E-state index contributed by atoms with van der Waals surface area (Å²) in [4.78, 5) is 0. The van der Waals surface area contributed by atoms with Gasteiger partial charge in [0.25, 0.3) is 6.43 Å². The van der Waals surface area contributed by atoms with Gasteiger partial charge >= 0.3 is 0 Å². The van der Waals surface area contributed by atoms with Crippen LogP contribution in [0.15, 0.2) is 12.4 Å². The van der Waals surface area contributed by atoms with Crippen LogP contribution in [0.1, 0.15) is 11.6 Å². The molecule has 11 heavy (non-hydrogen) atoms. The fourth-order valence-electron chi connectivity index (χ4n) is 0.758. The first-order valence-corrected chi connectivity index (χ1v) is 3.13. The Morgan fingerprint density at radius 3 is 2.64 bits per heavy atom. The van der Waals surface area contributed by atoms with E-state index >= 15 is 0 Å². The summed E-state index contributed by atoms with van der Waals surface area (Å²) in [5.41, 5.74) is 5.51. The molecule has 0 aromatic carbocycles. The van der Waals surface area contributed by atoms with Gasteiger partial charge in [-0.15, -0.1) is 0 Å². The van der Waals surface area contributed by atoms with E-state index in [1.54, 1.807) is 7.05 Å². The molecule has 2 N–H and O–H groups in total. The first-order valence-electron chi connectivity index (χ1n) is 3.13. The van der Waals surface area contributed by atoms with E-state index in [4.69, 9.17) is 5.73 Å². The number of nitrogens with zero attached hydrogens (tertiary/aromatic N) is 2. The van der Waals surface area contributed by atoms with Crippen molar-refractivity contribution in [2.45, 2.75) is 12.5 Å². The first-order chi connectivity index (χ1) is 5.11. The maximum atomic E-state index is 12.0. The second-order valence-electron chi connectivity index (χ2n) is 2.31. The van der Waals surface area contributed by atoms with Crippen LogP contribution >= 0.6 is 0 Å². The van der Waals surface area contributed by atoms with Crippen LogP contribution in [-0.4, -0.2) is 16.2 Å². The standard InChI is InChI=1S/C6H9F2N3/c1-11-3-4(2-10-11)5(9)6(7)8/h2-3,5-6H,9H2,1H3. The van der Waals surface area contributed by atoms with Gasteiger partial charge in [0.05, 0.1) is 12.2 Å². The normalized spacial score (nSPS) is 13.9. The minimum Gasteiger partial charge on any atom is -0.319 e. The highest BCUT2D eigenvalue weighted by Gasteiger charge is 2.18. The third-order valence-corrected chi connectivity index (χ3v) is 1.38. The molecule has 0 bridgehead atoms. The zero-order valence-corrected chi connectivity index (χ0v) is 6.04. The Kier molecular flexibility index (Phi) is 2.19. The Morgan fingerprint density at radius 1 is 1.64 bits per heavy atom. The van der Waals surface area contributed by atoms with Gasteiger partial charge in [-0.2, -0.15) is 5.10 Å². The lowest BCUT2D eigenvalue weighted by molar-refractivity contribution is 0.116. The number of hydrogen-bond donors (Lipinski definition) is 1. The number of alkyl halides is 2. The van der Waals surface area contributed by atoms with Crippen molar-refractivity contribution >= 4 is 0 Å². The first kappa shape index (κ1) is 8.13. The Labute approximate surface area is 62.8 Å². The molecular formula is C6H9F2N3. The van der Waals surface area contributed by atoms with Crippen molar-refractivity contribution in [1.29, 1.82) is 0 Å². The largest absolute Gasteiger partial charge is 0.319 e. The topological polar surface area (TPSA) is 43.8 Å². The van der Waals surface area contributed by atoms with Crippen LogP contribution in [0.25, 0.3) is 0 Å². The van der Waals surface area contributed by atoms with Crippen molar-refractivity contribution in [3.8, 4) is 0 Å². The quantitative estimate of drug-likeness (QED) is 0.693. The van der Waals surface area contributed by atoms with E-state index in [-0.39, 0.29) is 0 Å². The summed E-state index contributed by atoms with van der Waals surface area (Å²) < 4.78 is 25.4. The summed E-state index contributed by atoms with van der Waals surface area (Å²) in [6, 6.07) is -1.22. The van der Waals surface area contributed by atoms with Crippen LogP contribution in [0.5, 0.6) is 0 Å². The molecule has 0 amide bonds. The second-order valence-corrected chi connectivity index (χ2v) is 2.31. The Balaban J connectivity index is 2.76. The molecule has 1 aromatic rings. The van der Waals surface area contributed by atoms with Gasteiger partial charge in [-0.1, -0.05) is 0 Å². The van der Waals surface area contributed by atoms with Crippen LogP contribution in [0.3, 0.4) is 0 Å². The number of nitrogens with two attached hydrogens (primary N) is 1. The molecule has 1 heterocycles. The smallest absolute Gasteiger partial charge is 0.257 e. The number of aryl methyl sites for hydroxylation is 1. The number of hydrogen-bond acceptors (Lipinski definition) is 2. The summed E-state index contributed by atoms with van der Waals surface area (Å²) in [5.74, 6) is 0. The molecule has 0 saturated heterocycles. The Bertz CT molecular complexity index is 233. The monoisotopic (exact) mass is 161 g/mol. The lowest BCUT2D eigenvalue weighted by atomic mass is 10.2. The summed E-state index contributed by atoms with van der Waals surface area (Å²) >= 11 is 0. The Hall–Kier alpha value is -0.970. The number of aromatic nitrogens is 2. The maximum absolute atomic E-state index is 12.0. The van der Waals surface area contributed by atoms with Gasteiger partial charge in [-0.3, -0.25) is 4.68 Å². The molecule has 0 aliphatic carbocycles. The highest BCUT2D eigenvalue weighted by molar-refractivity contribution is 5.09. The highest BCUT2D eigenvalue weighted by Crippen LogP contribution is 2.15. The van der Waals surface area contributed by atoms with Crippen molar-refractivity contribution in [3.05, 3.63) is 18.0 Å². The minimum atomic E-state index is -2.53. The number of halogens is 2. The summed E-state index contributed by atoms with van der Waals surface area (Å²) in [7, 11) is 1.65. The maximum Gasteiger partial charge on any atom is 0.257 e. The molecule has 0 spiro atoms. The van der Waals surface area contributed by atoms with E-state index in [0.29, 0.717) is 5.56 Å². The van der Waals surface area contributed by atoms with Gasteiger partial charge in [0, 0.05) is 18.8 Å². The highest BCUT2D eigenvalue weighted by atomic mass is 19.3. The molecule has 0 saturated carbocycles. The van der Waals surface area contributed by atoms with Gasteiger partial charge in [0.2, 0.25) is 0 Å². The van der Waals surface area contributed by atoms with Gasteiger partial charge < -0.3 is 5.73 Å². The van der Waals surface area contributed by atoms with Crippen LogP contribution in [-0.2, 0) is 7.05 Å². The molecule has 1 rings (SSSR count). The fraction of sp³-hybridized carbons (Fsp3) is 0.500. The van der Waals surface area contributed by atoms with Crippen LogP contribution in [0.2, 0.25) is 0 Å². The van der Waals surface area contributed by atoms with E-state index in [9.17, 15) is 8.78 Å². The molecule has 1 atom stereocenters. The summed E-state index contributed by atoms with van der Waals surface area (Å²) in [6.45, 7) is 0. The van der Waals surface area contributed by atoms with Crippen molar-refractivity contribution in [1.82, 2.24) is 9.78 Å². The van der Waals surface area contributed by atoms with Crippen LogP contribution in [0.4, 0.5) is 8.78 Å². The minimum absolute atomic E-state index is 0.363. The molecule has 5 heteroatoms. The van der Waals surface area contributed by atoms with E-state index in [1.165, 1.54) is 17.1 Å². The fourth-order valence-corrected chi connectivity index (χ4v) is 0.758. The summed E-state index contributed by atoms with van der Waals surface area (Å²) in [6.07, 6.45) is 0.299. The molecule has 0 fully saturated rings. The molecule has 0 aliphatic rings. The van der Waals surface area contributed by atoms with Crippen molar-refractivity contribution < 1.29 is 8.78 Å². The van der Waals surface area contributed by atoms with E-state index in [1.807, 2.05) is 0 Å². The molecule has 1 aromatic heterocycles. The van der Waals surface area contributed by atoms with Crippen LogP contribution < -0.4 is 5.73 Å². The lowest BCUT2D eigenvalue weighted by Gasteiger charge is -2.05. The molecule has 62 valence electrons. The number of rotatable bonds is 2. The zero-order valence-electron chi connectivity index (χ0n) is 6.04. The van der Waals surface area contributed by atoms with E-state index < -0.39 is 12.5 Å². The predicted molar refractivity (Wildman–Crippen MR) is 36.1 cm³/mol. The molecular weight excluding hydrogens is 152 g/mol. The van der Waals surface area contributed by atoms with E-state index in [0.717, 1.165) is 0 Å². The van der Waals surface area contributed by atoms with Gasteiger partial charge in [0.15, 0.2) is 0 Å². The van der Waals surface area contributed by atoms with Gasteiger partial charge in [-0.25, -0.2) is 8.78 Å². The van der Waals surface area contributed by atoms with Crippen molar-refractivity contribution in [2.24, 2.45) is 12.8 Å². The van der Waals surface area contributed by atoms with Crippen LogP contribution in [0, 0.1) is 0 Å². The van der Waals surface area contributed by atoms with Crippen molar-refractivity contribution in [2.75, 3.05) is 0 Å². The average Bonchev–Trinajstić information content (AvgIpc) is 2.34. The third-order valence-electron chi connectivity index (χ3n) is 1.38. The average molecular weight is 161 g/mol.